The maximum absolute atomic E-state index is 14.4. The number of nitrogens with zero attached hydrogens (tertiary/aromatic N) is 2. The summed E-state index contributed by atoms with van der Waals surface area (Å²) in [6, 6.07) is 12.4. The molecule has 156 valence electrons. The first-order chi connectivity index (χ1) is 13.4. The summed E-state index contributed by atoms with van der Waals surface area (Å²) in [5.41, 5.74) is 6.66. The molecule has 5 nitrogen and oxygen atoms in total. The lowest BCUT2D eigenvalue weighted by Gasteiger charge is -2.36. The van der Waals surface area contributed by atoms with Gasteiger partial charge in [0.15, 0.2) is 0 Å². The molecule has 0 saturated carbocycles. The normalized spacial score (nSPS) is 19.5. The third-order valence-corrected chi connectivity index (χ3v) is 6.02. The van der Waals surface area contributed by atoms with E-state index in [-0.39, 0.29) is 35.5 Å². The van der Waals surface area contributed by atoms with E-state index in [2.05, 4.69) is 5.10 Å². The fourth-order valence-corrected chi connectivity index (χ4v) is 4.44. The smallest absolute Gasteiger partial charge is 0.273 e. The van der Waals surface area contributed by atoms with Gasteiger partial charge in [0.25, 0.3) is 5.91 Å². The molecule has 2 N–H and O–H groups in total. The van der Waals surface area contributed by atoms with Gasteiger partial charge >= 0.3 is 0 Å². The Morgan fingerprint density at radius 2 is 1.97 bits per heavy atom. The summed E-state index contributed by atoms with van der Waals surface area (Å²) >= 11 is 1.19. The van der Waals surface area contributed by atoms with E-state index >= 15 is 0 Å². The number of thioether (sulfide) groups is 1. The van der Waals surface area contributed by atoms with Gasteiger partial charge in [0.2, 0.25) is 0 Å². The molecule has 9 heteroatoms. The Labute approximate surface area is 178 Å². The first kappa shape index (κ1) is 23.3. The summed E-state index contributed by atoms with van der Waals surface area (Å²) in [7, 11) is 1.43. The van der Waals surface area contributed by atoms with Crippen molar-refractivity contribution >= 4 is 35.1 Å². The molecule has 0 radical (unpaired) electrons. The molecule has 3 rings (SSSR count). The van der Waals surface area contributed by atoms with Gasteiger partial charge in [-0.2, -0.15) is 5.10 Å². The highest BCUT2D eigenvalue weighted by Gasteiger charge is 2.49. The minimum absolute atomic E-state index is 0. The van der Waals surface area contributed by atoms with Crippen molar-refractivity contribution in [1.82, 2.24) is 5.01 Å². The van der Waals surface area contributed by atoms with Crippen molar-refractivity contribution in [1.29, 1.82) is 0 Å². The third kappa shape index (κ3) is 4.45. The van der Waals surface area contributed by atoms with E-state index in [4.69, 9.17) is 10.5 Å². The summed E-state index contributed by atoms with van der Waals surface area (Å²) in [5.74, 6) is -1.59. The standard InChI is InChI=1S/C20H21F2N3O2S.ClH/c1-13(27-2)19(26)25-20(10-11-23,14-6-4-3-5-7-14)28-18(24-25)16-12-15(21)8-9-17(16)22;/h3-9,12-13H,10-11,23H2,1-2H3;1H/t13-,20?;/m0./s1. The third-order valence-electron chi connectivity index (χ3n) is 4.58. The van der Waals surface area contributed by atoms with Gasteiger partial charge in [-0.15, -0.1) is 12.4 Å². The molecule has 0 saturated heterocycles. The molecule has 0 spiro atoms. The van der Waals surface area contributed by atoms with Crippen LogP contribution in [0, 0.1) is 11.6 Å². The number of hydrogen-bond donors (Lipinski definition) is 1. The highest BCUT2D eigenvalue weighted by atomic mass is 35.5. The Kier molecular flexibility index (Phi) is 7.76. The highest BCUT2D eigenvalue weighted by Crippen LogP contribution is 2.50. The molecule has 1 aliphatic heterocycles. The largest absolute Gasteiger partial charge is 0.372 e. The Morgan fingerprint density at radius 1 is 1.28 bits per heavy atom. The van der Waals surface area contributed by atoms with Gasteiger partial charge < -0.3 is 10.5 Å². The second-order valence-corrected chi connectivity index (χ2v) is 7.61. The molecule has 2 atom stereocenters. The highest BCUT2D eigenvalue weighted by molar-refractivity contribution is 8.15. The van der Waals surface area contributed by atoms with Crippen molar-refractivity contribution < 1.29 is 18.3 Å². The predicted molar refractivity (Wildman–Crippen MR) is 113 cm³/mol. The van der Waals surface area contributed by atoms with Crippen molar-refractivity contribution in [3.63, 3.8) is 0 Å². The Hall–Kier alpha value is -2.00. The van der Waals surface area contributed by atoms with Crippen molar-refractivity contribution in [2.24, 2.45) is 10.8 Å². The number of hydrazone groups is 1. The van der Waals surface area contributed by atoms with E-state index in [0.29, 0.717) is 6.42 Å². The molecule has 1 amide bonds. The zero-order valence-electron chi connectivity index (χ0n) is 16.0. The minimum atomic E-state index is -0.978. The van der Waals surface area contributed by atoms with E-state index in [0.717, 1.165) is 23.8 Å². The van der Waals surface area contributed by atoms with Gasteiger partial charge in [0.05, 0.1) is 0 Å². The van der Waals surface area contributed by atoms with E-state index in [1.807, 2.05) is 30.3 Å². The van der Waals surface area contributed by atoms with E-state index in [9.17, 15) is 13.6 Å². The molecule has 0 aromatic heterocycles. The predicted octanol–water partition coefficient (Wildman–Crippen LogP) is 3.86. The van der Waals surface area contributed by atoms with E-state index in [1.54, 1.807) is 6.92 Å². The molecule has 0 aliphatic carbocycles. The van der Waals surface area contributed by atoms with Gasteiger partial charge in [0, 0.05) is 12.7 Å². The molecular weight excluding hydrogens is 420 g/mol. The van der Waals surface area contributed by atoms with E-state index in [1.165, 1.54) is 23.9 Å². The van der Waals surface area contributed by atoms with Crippen LogP contribution < -0.4 is 5.73 Å². The average Bonchev–Trinajstić information content (AvgIpc) is 3.10. The molecule has 2 aromatic rings. The average molecular weight is 442 g/mol. The van der Waals surface area contributed by atoms with Gasteiger partial charge in [-0.3, -0.25) is 4.79 Å². The van der Waals surface area contributed by atoms with Crippen LogP contribution in [0.3, 0.4) is 0 Å². The van der Waals surface area contributed by atoms with Gasteiger partial charge in [0.1, 0.15) is 27.7 Å². The Balaban J connectivity index is 0.00000300. The summed E-state index contributed by atoms with van der Waals surface area (Å²) in [6.07, 6.45) is -0.393. The van der Waals surface area contributed by atoms with Crippen molar-refractivity contribution in [3.05, 3.63) is 71.3 Å². The van der Waals surface area contributed by atoms with Crippen molar-refractivity contribution in [2.75, 3.05) is 13.7 Å². The molecule has 29 heavy (non-hydrogen) atoms. The fraction of sp³-hybridized carbons (Fsp3) is 0.300. The number of hydrogen-bond acceptors (Lipinski definition) is 5. The number of halogens is 3. The number of methoxy groups -OCH3 is 1. The first-order valence-electron chi connectivity index (χ1n) is 8.78. The van der Waals surface area contributed by atoms with Crippen LogP contribution in [0.4, 0.5) is 8.78 Å². The number of rotatable bonds is 6. The number of nitrogens with two attached hydrogens (primary N) is 1. The summed E-state index contributed by atoms with van der Waals surface area (Å²) in [5, 5.41) is 5.91. The SMILES string of the molecule is CO[C@@H](C)C(=O)N1N=C(c2cc(F)ccc2F)SC1(CCN)c1ccccc1.Cl. The molecular formula is C20H22ClF2N3O2S. The van der Waals surface area contributed by atoms with E-state index < -0.39 is 22.6 Å². The zero-order chi connectivity index (χ0) is 20.3. The zero-order valence-corrected chi connectivity index (χ0v) is 17.6. The maximum Gasteiger partial charge on any atom is 0.273 e. The lowest BCUT2D eigenvalue weighted by atomic mass is 10.0. The number of ether oxygens (including phenoxy) is 1. The van der Waals surface area contributed by atoms with Crippen LogP contribution in [-0.4, -0.2) is 35.7 Å². The summed E-state index contributed by atoms with van der Waals surface area (Å²) in [6.45, 7) is 1.88. The second-order valence-electron chi connectivity index (χ2n) is 6.35. The van der Waals surface area contributed by atoms with Crippen LogP contribution in [0.2, 0.25) is 0 Å². The number of carbonyl (C=O) groups is 1. The first-order valence-corrected chi connectivity index (χ1v) is 9.60. The lowest BCUT2D eigenvalue weighted by Crippen LogP contribution is -2.46. The second kappa shape index (κ2) is 9.67. The van der Waals surface area contributed by atoms with Gasteiger partial charge in [-0.05, 0) is 43.7 Å². The number of carbonyl (C=O) groups excluding carboxylic acids is 1. The Morgan fingerprint density at radius 3 is 2.59 bits per heavy atom. The van der Waals surface area contributed by atoms with Crippen LogP contribution in [0.15, 0.2) is 53.6 Å². The number of benzene rings is 2. The van der Waals surface area contributed by atoms with Crippen LogP contribution in [0.5, 0.6) is 0 Å². The molecule has 0 fully saturated rings. The van der Waals surface area contributed by atoms with Crippen LogP contribution in [0.25, 0.3) is 0 Å². The molecule has 1 aliphatic rings. The topological polar surface area (TPSA) is 67.9 Å². The summed E-state index contributed by atoms with van der Waals surface area (Å²) in [4.78, 5) is 12.1. The maximum atomic E-state index is 14.4. The molecule has 1 heterocycles. The van der Waals surface area contributed by atoms with Gasteiger partial charge in [-0.25, -0.2) is 13.8 Å². The number of amides is 1. The Bertz CT molecular complexity index is 901. The lowest BCUT2D eigenvalue weighted by molar-refractivity contribution is -0.144. The molecule has 0 bridgehead atoms. The van der Waals surface area contributed by atoms with Crippen molar-refractivity contribution in [2.45, 2.75) is 24.3 Å². The minimum Gasteiger partial charge on any atom is -0.372 e. The van der Waals surface area contributed by atoms with Crippen molar-refractivity contribution in [3.8, 4) is 0 Å². The van der Waals surface area contributed by atoms with Crippen LogP contribution >= 0.6 is 24.2 Å². The quantitative estimate of drug-likeness (QED) is 0.739. The van der Waals surface area contributed by atoms with Crippen LogP contribution in [0.1, 0.15) is 24.5 Å². The van der Waals surface area contributed by atoms with Crippen LogP contribution in [-0.2, 0) is 14.4 Å². The fourth-order valence-electron chi connectivity index (χ4n) is 3.04. The molecule has 1 unspecified atom stereocenters. The van der Waals surface area contributed by atoms with Gasteiger partial charge in [-0.1, -0.05) is 42.1 Å². The monoisotopic (exact) mass is 441 g/mol. The molecule has 2 aromatic carbocycles. The summed E-state index contributed by atoms with van der Waals surface area (Å²) < 4.78 is 33.3.